The van der Waals surface area contributed by atoms with Gasteiger partial charge in [-0.05, 0) is 13.8 Å². The number of alkyl halides is 1. The van der Waals surface area contributed by atoms with E-state index < -0.39 is 0 Å². The maximum absolute atomic E-state index is 5.64. The summed E-state index contributed by atoms with van der Waals surface area (Å²) in [5.41, 5.74) is -0.0438. The summed E-state index contributed by atoms with van der Waals surface area (Å²) < 4.78 is 5.63. The minimum Gasteiger partial charge on any atom is -0.368 e. The van der Waals surface area contributed by atoms with Crippen LogP contribution in [-0.4, -0.2) is 30.7 Å². The molecule has 1 heterocycles. The van der Waals surface area contributed by atoms with E-state index in [0.29, 0.717) is 5.88 Å². The van der Waals surface area contributed by atoms with E-state index in [0.717, 1.165) is 13.1 Å². The van der Waals surface area contributed by atoms with Gasteiger partial charge in [-0.2, -0.15) is 0 Å². The quantitative estimate of drug-likeness (QED) is 0.583. The molecule has 0 aromatic carbocycles. The fraction of sp³-hybridized carbons (Fsp3) is 1.00. The van der Waals surface area contributed by atoms with Crippen LogP contribution in [0.3, 0.4) is 0 Å². The molecule has 0 aromatic heterocycles. The summed E-state index contributed by atoms with van der Waals surface area (Å²) >= 11 is 5.64. The van der Waals surface area contributed by atoms with Crippen LogP contribution >= 0.6 is 11.6 Å². The standard InChI is InChI=1S/C7H14ClNO/c1-7(2)5-9-4-6(3-8)10-7/h6,9H,3-5H2,1-2H3. The average Bonchev–Trinajstić information content (AvgIpc) is 1.86. The van der Waals surface area contributed by atoms with E-state index in [4.69, 9.17) is 16.3 Å². The zero-order valence-corrected chi connectivity index (χ0v) is 7.24. The van der Waals surface area contributed by atoms with Gasteiger partial charge in [-0.1, -0.05) is 0 Å². The highest BCUT2D eigenvalue weighted by molar-refractivity contribution is 6.18. The fourth-order valence-electron chi connectivity index (χ4n) is 1.15. The number of rotatable bonds is 1. The van der Waals surface area contributed by atoms with Crippen LogP contribution in [0, 0.1) is 0 Å². The molecule has 1 unspecified atom stereocenters. The van der Waals surface area contributed by atoms with Crippen LogP contribution in [0.15, 0.2) is 0 Å². The van der Waals surface area contributed by atoms with Crippen LogP contribution in [0.25, 0.3) is 0 Å². The number of hydrogen-bond acceptors (Lipinski definition) is 2. The number of ether oxygens (including phenoxy) is 1. The monoisotopic (exact) mass is 163 g/mol. The van der Waals surface area contributed by atoms with Crippen molar-refractivity contribution in [3.8, 4) is 0 Å². The van der Waals surface area contributed by atoms with Gasteiger partial charge in [0.15, 0.2) is 0 Å². The van der Waals surface area contributed by atoms with Gasteiger partial charge in [0.25, 0.3) is 0 Å². The lowest BCUT2D eigenvalue weighted by Gasteiger charge is -2.35. The molecule has 0 aliphatic carbocycles. The van der Waals surface area contributed by atoms with Crippen molar-refractivity contribution < 1.29 is 4.74 Å². The third-order valence-corrected chi connectivity index (χ3v) is 1.92. The summed E-state index contributed by atoms with van der Waals surface area (Å²) in [5.74, 6) is 0.580. The van der Waals surface area contributed by atoms with E-state index >= 15 is 0 Å². The molecule has 0 amide bonds. The molecule has 0 saturated carbocycles. The summed E-state index contributed by atoms with van der Waals surface area (Å²) in [6.07, 6.45) is 0.186. The molecule has 1 saturated heterocycles. The molecule has 0 radical (unpaired) electrons. The largest absolute Gasteiger partial charge is 0.368 e. The van der Waals surface area contributed by atoms with Gasteiger partial charge in [-0.15, -0.1) is 11.6 Å². The second-order valence-electron chi connectivity index (χ2n) is 3.28. The van der Waals surface area contributed by atoms with Gasteiger partial charge in [0.1, 0.15) is 0 Å². The predicted molar refractivity (Wildman–Crippen MR) is 42.5 cm³/mol. The second-order valence-corrected chi connectivity index (χ2v) is 3.59. The first-order valence-corrected chi connectivity index (χ1v) is 4.12. The Morgan fingerprint density at radius 3 is 2.80 bits per heavy atom. The van der Waals surface area contributed by atoms with Gasteiger partial charge in [0.2, 0.25) is 0 Å². The molecular weight excluding hydrogens is 150 g/mol. The third kappa shape index (κ3) is 2.11. The third-order valence-electron chi connectivity index (χ3n) is 1.58. The summed E-state index contributed by atoms with van der Waals surface area (Å²) in [4.78, 5) is 0. The minimum absolute atomic E-state index is 0.0438. The Labute approximate surface area is 66.9 Å². The zero-order valence-electron chi connectivity index (χ0n) is 6.48. The van der Waals surface area contributed by atoms with Crippen LogP contribution in [0.1, 0.15) is 13.8 Å². The maximum atomic E-state index is 5.64. The molecule has 3 heteroatoms. The Kier molecular flexibility index (Phi) is 2.55. The number of halogens is 1. The van der Waals surface area contributed by atoms with Crippen molar-refractivity contribution in [1.82, 2.24) is 5.32 Å². The van der Waals surface area contributed by atoms with Gasteiger partial charge in [-0.25, -0.2) is 0 Å². The van der Waals surface area contributed by atoms with E-state index in [1.807, 2.05) is 0 Å². The van der Waals surface area contributed by atoms with Crippen molar-refractivity contribution >= 4 is 11.6 Å². The van der Waals surface area contributed by atoms with Crippen molar-refractivity contribution in [2.45, 2.75) is 25.6 Å². The zero-order chi connectivity index (χ0) is 7.61. The van der Waals surface area contributed by atoms with Gasteiger partial charge in [0, 0.05) is 19.0 Å². The highest BCUT2D eigenvalue weighted by Gasteiger charge is 2.27. The van der Waals surface area contributed by atoms with Gasteiger partial charge < -0.3 is 10.1 Å². The number of nitrogens with one attached hydrogen (secondary N) is 1. The van der Waals surface area contributed by atoms with Crippen molar-refractivity contribution in [2.24, 2.45) is 0 Å². The van der Waals surface area contributed by atoms with Gasteiger partial charge >= 0.3 is 0 Å². The summed E-state index contributed by atoms with van der Waals surface area (Å²) in [7, 11) is 0. The van der Waals surface area contributed by atoms with Crippen molar-refractivity contribution in [1.29, 1.82) is 0 Å². The van der Waals surface area contributed by atoms with Crippen molar-refractivity contribution in [3.05, 3.63) is 0 Å². The van der Waals surface area contributed by atoms with E-state index in [1.54, 1.807) is 0 Å². The van der Waals surface area contributed by atoms with Crippen LogP contribution in [0.2, 0.25) is 0 Å². The Morgan fingerprint density at radius 2 is 2.40 bits per heavy atom. The lowest BCUT2D eigenvalue weighted by atomic mass is 10.1. The van der Waals surface area contributed by atoms with E-state index in [1.165, 1.54) is 0 Å². The highest BCUT2D eigenvalue weighted by atomic mass is 35.5. The lowest BCUT2D eigenvalue weighted by molar-refractivity contribution is -0.0838. The normalized spacial score (nSPS) is 32.1. The molecule has 1 aliphatic rings. The Bertz CT molecular complexity index is 116. The topological polar surface area (TPSA) is 21.3 Å². The van der Waals surface area contributed by atoms with Crippen LogP contribution in [-0.2, 0) is 4.74 Å². The molecular formula is C7H14ClNO. The van der Waals surface area contributed by atoms with Crippen molar-refractivity contribution in [2.75, 3.05) is 19.0 Å². The molecule has 1 fully saturated rings. The highest BCUT2D eigenvalue weighted by Crippen LogP contribution is 2.15. The summed E-state index contributed by atoms with van der Waals surface area (Å²) in [6, 6.07) is 0. The number of morpholine rings is 1. The maximum Gasteiger partial charge on any atom is 0.0842 e. The molecule has 0 spiro atoms. The smallest absolute Gasteiger partial charge is 0.0842 e. The molecule has 1 N–H and O–H groups in total. The molecule has 0 aromatic rings. The number of hydrogen-bond donors (Lipinski definition) is 1. The first-order valence-electron chi connectivity index (χ1n) is 3.58. The molecule has 1 atom stereocenters. The van der Waals surface area contributed by atoms with E-state index in [-0.39, 0.29) is 11.7 Å². The Balaban J connectivity index is 2.40. The Morgan fingerprint density at radius 1 is 1.70 bits per heavy atom. The van der Waals surface area contributed by atoms with E-state index in [9.17, 15) is 0 Å². The SMILES string of the molecule is CC1(C)CNCC(CCl)O1. The van der Waals surface area contributed by atoms with E-state index in [2.05, 4.69) is 19.2 Å². The first-order chi connectivity index (χ1) is 4.64. The Hall–Kier alpha value is 0.210. The molecule has 60 valence electrons. The van der Waals surface area contributed by atoms with Gasteiger partial charge in [-0.3, -0.25) is 0 Å². The first kappa shape index (κ1) is 8.31. The molecule has 1 rings (SSSR count). The lowest BCUT2D eigenvalue weighted by Crippen LogP contribution is -2.51. The molecule has 0 bridgehead atoms. The van der Waals surface area contributed by atoms with Crippen LogP contribution < -0.4 is 5.32 Å². The average molecular weight is 164 g/mol. The molecule has 10 heavy (non-hydrogen) atoms. The van der Waals surface area contributed by atoms with Crippen LogP contribution in [0.5, 0.6) is 0 Å². The van der Waals surface area contributed by atoms with Crippen LogP contribution in [0.4, 0.5) is 0 Å². The minimum atomic E-state index is -0.0438. The summed E-state index contributed by atoms with van der Waals surface area (Å²) in [5, 5.41) is 3.27. The molecule has 2 nitrogen and oxygen atoms in total. The fourth-order valence-corrected chi connectivity index (χ4v) is 1.33. The predicted octanol–water partition coefficient (Wildman–Crippen LogP) is 0.992. The van der Waals surface area contributed by atoms with Gasteiger partial charge in [0.05, 0.1) is 11.7 Å². The second kappa shape index (κ2) is 3.07. The summed E-state index contributed by atoms with van der Waals surface area (Å²) in [6.45, 7) is 5.94. The molecule has 1 aliphatic heterocycles. The van der Waals surface area contributed by atoms with Crippen molar-refractivity contribution in [3.63, 3.8) is 0 Å².